The maximum absolute atomic E-state index is 5.64. The molecule has 2 heterocycles. The molecule has 4 nitrogen and oxygen atoms in total. The third-order valence-electron chi connectivity index (χ3n) is 5.04. The van der Waals surface area contributed by atoms with Gasteiger partial charge in [-0.25, -0.2) is 4.98 Å². The number of hydrogen-bond donors (Lipinski definition) is 2. The number of aromatic nitrogens is 2. The van der Waals surface area contributed by atoms with Gasteiger partial charge in [-0.15, -0.1) is 0 Å². The number of rotatable bonds is 3. The Balaban J connectivity index is 1.42. The van der Waals surface area contributed by atoms with Gasteiger partial charge >= 0.3 is 0 Å². The van der Waals surface area contributed by atoms with E-state index >= 15 is 0 Å². The van der Waals surface area contributed by atoms with E-state index in [1.807, 2.05) is 6.07 Å². The summed E-state index contributed by atoms with van der Waals surface area (Å²) in [5.41, 5.74) is 4.68. The van der Waals surface area contributed by atoms with Gasteiger partial charge in [0, 0.05) is 25.6 Å². The second kappa shape index (κ2) is 7.46. The van der Waals surface area contributed by atoms with Crippen molar-refractivity contribution in [2.45, 2.75) is 32.2 Å². The number of hydrogen-bond acceptors (Lipinski definition) is 2. The van der Waals surface area contributed by atoms with Crippen LogP contribution in [0.25, 0.3) is 11.0 Å². The fourth-order valence-electron chi connectivity index (χ4n) is 3.61. The lowest BCUT2D eigenvalue weighted by atomic mass is 9.98. The minimum atomic E-state index is 0.396. The van der Waals surface area contributed by atoms with Crippen LogP contribution in [0.1, 0.15) is 35.7 Å². The number of likely N-dealkylation sites (tertiary alicyclic amines) is 1. The molecule has 5 heteroatoms. The molecular weight excluding hydrogens is 340 g/mol. The van der Waals surface area contributed by atoms with Crippen LogP contribution in [-0.4, -0.2) is 33.1 Å². The first-order valence-corrected chi connectivity index (χ1v) is 9.63. The highest BCUT2D eigenvalue weighted by Gasteiger charge is 2.25. The monoisotopic (exact) mass is 364 g/mol. The van der Waals surface area contributed by atoms with Crippen molar-refractivity contribution in [1.29, 1.82) is 0 Å². The summed E-state index contributed by atoms with van der Waals surface area (Å²) in [6.07, 6.45) is 2.28. The summed E-state index contributed by atoms with van der Waals surface area (Å²) in [6.45, 7) is 4.81. The average molecular weight is 365 g/mol. The van der Waals surface area contributed by atoms with Crippen molar-refractivity contribution < 1.29 is 0 Å². The SMILES string of the molecule is Cc1ccc2nc(C3CCCN(C(=S)NCc4ccccc4)C3)[nH]c2c1. The summed E-state index contributed by atoms with van der Waals surface area (Å²) in [4.78, 5) is 10.6. The molecule has 1 aromatic heterocycles. The number of nitrogens with zero attached hydrogens (tertiary/aromatic N) is 2. The van der Waals surface area contributed by atoms with Gasteiger partial charge in [0.1, 0.15) is 5.82 Å². The quantitative estimate of drug-likeness (QED) is 0.686. The molecule has 134 valence electrons. The number of piperidine rings is 1. The number of thiocarbonyl (C=S) groups is 1. The zero-order valence-corrected chi connectivity index (χ0v) is 15.9. The van der Waals surface area contributed by atoms with Crippen LogP contribution in [-0.2, 0) is 6.54 Å². The molecular formula is C21H24N4S. The molecule has 1 fully saturated rings. The van der Waals surface area contributed by atoms with Gasteiger partial charge in [-0.1, -0.05) is 36.4 Å². The fraction of sp³-hybridized carbons (Fsp3) is 0.333. The van der Waals surface area contributed by atoms with Gasteiger partial charge in [0.25, 0.3) is 0 Å². The number of benzene rings is 2. The van der Waals surface area contributed by atoms with E-state index in [1.165, 1.54) is 11.1 Å². The van der Waals surface area contributed by atoms with Crippen LogP contribution in [0.2, 0.25) is 0 Å². The van der Waals surface area contributed by atoms with Crippen LogP contribution in [0.5, 0.6) is 0 Å². The first-order valence-electron chi connectivity index (χ1n) is 9.22. The number of fused-ring (bicyclic) bond motifs is 1. The molecule has 1 aliphatic rings. The number of imidazole rings is 1. The minimum Gasteiger partial charge on any atom is -0.358 e. The van der Waals surface area contributed by atoms with Crippen molar-refractivity contribution in [2.75, 3.05) is 13.1 Å². The third kappa shape index (κ3) is 3.73. The highest BCUT2D eigenvalue weighted by Crippen LogP contribution is 2.27. The fourth-order valence-corrected chi connectivity index (χ4v) is 3.84. The second-order valence-corrected chi connectivity index (χ2v) is 7.46. The average Bonchev–Trinajstić information content (AvgIpc) is 3.10. The predicted octanol–water partition coefficient (Wildman–Crippen LogP) is 4.13. The Morgan fingerprint density at radius 2 is 2.12 bits per heavy atom. The second-order valence-electron chi connectivity index (χ2n) is 7.07. The van der Waals surface area contributed by atoms with Gasteiger partial charge in [0.2, 0.25) is 0 Å². The molecule has 0 radical (unpaired) electrons. The Labute approximate surface area is 159 Å². The lowest BCUT2D eigenvalue weighted by Crippen LogP contribution is -2.44. The number of aromatic amines is 1. The van der Waals surface area contributed by atoms with Gasteiger partial charge in [-0.05, 0) is 55.2 Å². The molecule has 0 bridgehead atoms. The molecule has 0 amide bonds. The van der Waals surface area contributed by atoms with Crippen molar-refractivity contribution in [3.05, 3.63) is 65.5 Å². The van der Waals surface area contributed by atoms with Gasteiger partial charge in [0.05, 0.1) is 11.0 Å². The van der Waals surface area contributed by atoms with Crippen LogP contribution in [0.4, 0.5) is 0 Å². The molecule has 1 saturated heterocycles. The number of aryl methyl sites for hydroxylation is 1. The standard InChI is InChI=1S/C21H24N4S/c1-15-9-10-18-19(12-15)24-20(23-18)17-8-5-11-25(14-17)21(26)22-13-16-6-3-2-4-7-16/h2-4,6-7,9-10,12,17H,5,8,11,13-14H2,1H3,(H,22,26)(H,23,24). The van der Waals surface area contributed by atoms with Crippen LogP contribution >= 0.6 is 12.2 Å². The summed E-state index contributed by atoms with van der Waals surface area (Å²) in [5.74, 6) is 1.48. The normalized spacial score (nSPS) is 17.4. The van der Waals surface area contributed by atoms with E-state index in [1.54, 1.807) is 0 Å². The summed E-state index contributed by atoms with van der Waals surface area (Å²) >= 11 is 5.64. The third-order valence-corrected chi connectivity index (χ3v) is 5.44. The van der Waals surface area contributed by atoms with Crippen LogP contribution in [0, 0.1) is 6.92 Å². The topological polar surface area (TPSA) is 44.0 Å². The van der Waals surface area contributed by atoms with E-state index in [-0.39, 0.29) is 0 Å². The molecule has 3 aromatic rings. The molecule has 26 heavy (non-hydrogen) atoms. The maximum atomic E-state index is 5.64. The van der Waals surface area contributed by atoms with E-state index < -0.39 is 0 Å². The van der Waals surface area contributed by atoms with Crippen molar-refractivity contribution in [3.63, 3.8) is 0 Å². The van der Waals surface area contributed by atoms with Gasteiger partial charge < -0.3 is 15.2 Å². The molecule has 0 saturated carbocycles. The predicted molar refractivity (Wildman–Crippen MR) is 110 cm³/mol. The molecule has 0 spiro atoms. The maximum Gasteiger partial charge on any atom is 0.169 e. The van der Waals surface area contributed by atoms with E-state index in [2.05, 4.69) is 64.6 Å². The van der Waals surface area contributed by atoms with Crippen molar-refractivity contribution in [1.82, 2.24) is 20.2 Å². The Bertz CT molecular complexity index is 903. The molecule has 4 rings (SSSR count). The Kier molecular flexibility index (Phi) is 4.89. The molecule has 1 atom stereocenters. The van der Waals surface area contributed by atoms with Crippen molar-refractivity contribution >= 4 is 28.4 Å². The van der Waals surface area contributed by atoms with E-state index in [0.29, 0.717) is 5.92 Å². The van der Waals surface area contributed by atoms with Crippen LogP contribution in [0.15, 0.2) is 48.5 Å². The lowest BCUT2D eigenvalue weighted by molar-refractivity contribution is 0.300. The molecule has 2 N–H and O–H groups in total. The van der Waals surface area contributed by atoms with Gasteiger partial charge in [0.15, 0.2) is 5.11 Å². The summed E-state index contributed by atoms with van der Waals surface area (Å²) in [5, 5.41) is 4.24. The Morgan fingerprint density at radius 3 is 2.96 bits per heavy atom. The summed E-state index contributed by atoms with van der Waals surface area (Å²) < 4.78 is 0. The van der Waals surface area contributed by atoms with Gasteiger partial charge in [-0.3, -0.25) is 0 Å². The largest absolute Gasteiger partial charge is 0.358 e. The van der Waals surface area contributed by atoms with E-state index in [0.717, 1.165) is 54.4 Å². The number of nitrogens with one attached hydrogen (secondary N) is 2. The number of H-pyrrole nitrogens is 1. The first-order chi connectivity index (χ1) is 12.7. The molecule has 2 aromatic carbocycles. The zero-order valence-electron chi connectivity index (χ0n) is 15.0. The first kappa shape index (κ1) is 17.0. The lowest BCUT2D eigenvalue weighted by Gasteiger charge is -2.33. The molecule has 0 aliphatic carbocycles. The van der Waals surface area contributed by atoms with Crippen molar-refractivity contribution in [3.8, 4) is 0 Å². The molecule has 1 aliphatic heterocycles. The Hall–Kier alpha value is -2.40. The Morgan fingerprint density at radius 1 is 1.27 bits per heavy atom. The van der Waals surface area contributed by atoms with Crippen molar-refractivity contribution in [2.24, 2.45) is 0 Å². The van der Waals surface area contributed by atoms with Crippen LogP contribution in [0.3, 0.4) is 0 Å². The highest BCUT2D eigenvalue weighted by molar-refractivity contribution is 7.80. The van der Waals surface area contributed by atoms with Crippen LogP contribution < -0.4 is 5.32 Å². The summed E-state index contributed by atoms with van der Waals surface area (Å²) in [7, 11) is 0. The molecule has 1 unspecified atom stereocenters. The minimum absolute atomic E-state index is 0.396. The zero-order chi connectivity index (χ0) is 17.9. The van der Waals surface area contributed by atoms with Gasteiger partial charge in [-0.2, -0.15) is 0 Å². The smallest absolute Gasteiger partial charge is 0.169 e. The van der Waals surface area contributed by atoms with E-state index in [4.69, 9.17) is 17.2 Å². The van der Waals surface area contributed by atoms with E-state index in [9.17, 15) is 0 Å². The summed E-state index contributed by atoms with van der Waals surface area (Å²) in [6, 6.07) is 16.8. The highest BCUT2D eigenvalue weighted by atomic mass is 32.1.